The van der Waals surface area contributed by atoms with E-state index < -0.39 is 23.7 Å². The molecule has 1 fully saturated rings. The van der Waals surface area contributed by atoms with Crippen molar-refractivity contribution in [3.8, 4) is 0 Å². The lowest BCUT2D eigenvalue weighted by Crippen LogP contribution is -2.45. The summed E-state index contributed by atoms with van der Waals surface area (Å²) in [5.74, 6) is -0.622. The maximum absolute atomic E-state index is 13.6. The van der Waals surface area contributed by atoms with Crippen molar-refractivity contribution >= 4 is 35.1 Å². The number of rotatable bonds is 7. The van der Waals surface area contributed by atoms with E-state index >= 15 is 0 Å². The normalized spacial score (nSPS) is 17.0. The molecule has 41 heavy (non-hydrogen) atoms. The average molecular weight is 574 g/mol. The van der Waals surface area contributed by atoms with Crippen molar-refractivity contribution in [1.82, 2.24) is 10.2 Å². The third-order valence-electron chi connectivity index (χ3n) is 6.94. The fraction of sp³-hybridized carbons (Fsp3) is 0.393. The molecule has 3 aromatic rings. The molecule has 1 heterocycles. The minimum Gasteiger partial charge on any atom is -0.349 e. The van der Waals surface area contributed by atoms with Gasteiger partial charge in [-0.2, -0.15) is 13.2 Å². The van der Waals surface area contributed by atoms with Gasteiger partial charge in [-0.25, -0.2) is 4.79 Å². The van der Waals surface area contributed by atoms with E-state index in [1.807, 2.05) is 19.1 Å². The van der Waals surface area contributed by atoms with Crippen molar-refractivity contribution in [2.24, 2.45) is 5.92 Å². The van der Waals surface area contributed by atoms with Crippen molar-refractivity contribution in [3.05, 3.63) is 65.4 Å². The molecule has 10 nitrogen and oxygen atoms in total. The monoisotopic (exact) mass is 573 g/mol. The van der Waals surface area contributed by atoms with Crippen LogP contribution in [-0.4, -0.2) is 42.1 Å². The summed E-state index contributed by atoms with van der Waals surface area (Å²) >= 11 is 0. The number of hydrogen-bond acceptors (Lipinski definition) is 5. The molecule has 2 aromatic carbocycles. The maximum Gasteiger partial charge on any atom is 0.416 e. The largest absolute Gasteiger partial charge is 0.416 e. The van der Waals surface area contributed by atoms with Crippen molar-refractivity contribution in [1.29, 1.82) is 0 Å². The van der Waals surface area contributed by atoms with Crippen molar-refractivity contribution in [3.63, 3.8) is 0 Å². The average Bonchev–Trinajstić information content (AvgIpc) is 3.37. The summed E-state index contributed by atoms with van der Waals surface area (Å²) in [5.41, 5.74) is 0.272. The molecule has 1 aromatic heterocycles. The summed E-state index contributed by atoms with van der Waals surface area (Å²) < 4.78 is 47.5. The summed E-state index contributed by atoms with van der Waals surface area (Å²) in [5, 5.41) is 11.2. The number of alkyl halides is 3. The molecule has 2 atom stereocenters. The van der Waals surface area contributed by atoms with Gasteiger partial charge >= 0.3 is 18.1 Å². The zero-order valence-corrected chi connectivity index (χ0v) is 22.9. The molecule has 13 heteroatoms. The summed E-state index contributed by atoms with van der Waals surface area (Å²) in [6.45, 7) is 1.83. The summed E-state index contributed by atoms with van der Waals surface area (Å²) in [4.78, 5) is 39.1. The summed E-state index contributed by atoms with van der Waals surface area (Å²) in [7, 11) is 3.42. The zero-order valence-electron chi connectivity index (χ0n) is 22.9. The molecule has 1 aliphatic carbocycles. The van der Waals surface area contributed by atoms with Crippen LogP contribution in [0.1, 0.15) is 48.4 Å². The van der Waals surface area contributed by atoms with Gasteiger partial charge in [-0.1, -0.05) is 24.3 Å². The molecule has 4 rings (SSSR count). The molecular formula is C28H32F3N6O4+. The molecule has 218 valence electrons. The van der Waals surface area contributed by atoms with E-state index in [0.29, 0.717) is 6.42 Å². The number of benzene rings is 2. The Balaban J connectivity index is 1.42. The SMILES string of the molecule is Cc1ccccc1CC(=O)Nc1cc(NC(=O)Nc2c[n+]([C@H]3CCC[C@H](C(=O)N(C)C)C3)no2)cc(C(F)(F)F)c1. The van der Waals surface area contributed by atoms with Crippen LogP contribution in [0.3, 0.4) is 0 Å². The molecule has 0 aliphatic heterocycles. The van der Waals surface area contributed by atoms with E-state index in [-0.39, 0.29) is 41.5 Å². The highest BCUT2D eigenvalue weighted by atomic mass is 19.4. The molecule has 3 N–H and O–H groups in total. The first-order valence-corrected chi connectivity index (χ1v) is 13.1. The number of halogens is 3. The standard InChI is InChI=1S/C28H31F3N6O4/c1-17-7-4-5-8-18(17)12-24(38)32-21-13-20(28(29,30)31)14-22(15-21)33-27(40)34-25-16-37(35-41-25)23-10-6-9-19(11-23)26(39)36(2)3/h4-5,7-8,13-16,19,23H,6,9-12H2,1-3H3,(H2-,32,33,34,35,38,40)/p+1/t19-,23-/m0/s1. The van der Waals surface area contributed by atoms with Crippen molar-refractivity contribution in [2.75, 3.05) is 30.0 Å². The number of hydrogen-bond donors (Lipinski definition) is 3. The molecule has 1 aliphatic rings. The highest BCUT2D eigenvalue weighted by Crippen LogP contribution is 2.34. The van der Waals surface area contributed by atoms with E-state index in [9.17, 15) is 27.6 Å². The topological polar surface area (TPSA) is 120 Å². The molecule has 0 bridgehead atoms. The Kier molecular flexibility index (Phi) is 8.94. The van der Waals surface area contributed by atoms with E-state index in [0.717, 1.165) is 42.5 Å². The Labute approximate surface area is 234 Å². The predicted octanol–water partition coefficient (Wildman–Crippen LogP) is 4.93. The van der Waals surface area contributed by atoms with Gasteiger partial charge in [0.2, 0.25) is 17.1 Å². The number of amides is 4. The third kappa shape index (κ3) is 7.83. The Morgan fingerprint density at radius 3 is 2.44 bits per heavy atom. The van der Waals surface area contributed by atoms with E-state index in [2.05, 4.69) is 21.2 Å². The van der Waals surface area contributed by atoms with Crippen LogP contribution in [0, 0.1) is 12.8 Å². The first-order valence-electron chi connectivity index (χ1n) is 13.1. The highest BCUT2D eigenvalue weighted by Gasteiger charge is 2.35. The first-order chi connectivity index (χ1) is 19.4. The van der Waals surface area contributed by atoms with Crippen LogP contribution in [0.15, 0.2) is 53.2 Å². The molecular weight excluding hydrogens is 541 g/mol. The number of carbonyl (C=O) groups excluding carboxylic acids is 3. The minimum atomic E-state index is -4.72. The van der Waals surface area contributed by atoms with Gasteiger partial charge in [0.25, 0.3) is 6.20 Å². The van der Waals surface area contributed by atoms with Crippen LogP contribution in [0.25, 0.3) is 0 Å². The zero-order chi connectivity index (χ0) is 29.7. The van der Waals surface area contributed by atoms with Crippen LogP contribution in [-0.2, 0) is 22.2 Å². The highest BCUT2D eigenvalue weighted by molar-refractivity contribution is 6.00. The minimum absolute atomic E-state index is 0.0251. The number of nitrogens with zero attached hydrogens (tertiary/aromatic N) is 3. The second-order valence-corrected chi connectivity index (χ2v) is 10.3. The number of aromatic nitrogens is 2. The van der Waals surface area contributed by atoms with Crippen LogP contribution < -0.4 is 20.6 Å². The van der Waals surface area contributed by atoms with Crippen molar-refractivity contribution < 1.29 is 36.8 Å². The number of aryl methyl sites for hydroxylation is 1. The van der Waals surface area contributed by atoms with Gasteiger partial charge in [-0.15, -0.1) is 0 Å². The third-order valence-corrected chi connectivity index (χ3v) is 6.94. The Hall–Kier alpha value is -4.42. The first kappa shape index (κ1) is 29.6. The van der Waals surface area contributed by atoms with E-state index in [4.69, 9.17) is 4.52 Å². The lowest BCUT2D eigenvalue weighted by molar-refractivity contribution is -0.787. The molecule has 0 unspecified atom stereocenters. The number of anilines is 3. The summed E-state index contributed by atoms with van der Waals surface area (Å²) in [6.07, 6.45) is -0.308. The molecule has 4 amide bonds. The van der Waals surface area contributed by atoms with Crippen LogP contribution in [0.4, 0.5) is 35.2 Å². The molecule has 0 spiro atoms. The smallest absolute Gasteiger partial charge is 0.349 e. The van der Waals surface area contributed by atoms with Gasteiger partial charge in [0.05, 0.1) is 12.0 Å². The predicted molar refractivity (Wildman–Crippen MR) is 144 cm³/mol. The quantitative estimate of drug-likeness (QED) is 0.346. The van der Waals surface area contributed by atoms with Gasteiger partial charge in [-0.3, -0.25) is 19.4 Å². The van der Waals surface area contributed by atoms with Crippen LogP contribution >= 0.6 is 0 Å². The maximum atomic E-state index is 13.6. The molecule has 0 radical (unpaired) electrons. The number of urea groups is 1. The fourth-order valence-corrected chi connectivity index (χ4v) is 4.88. The van der Waals surface area contributed by atoms with E-state index in [1.165, 1.54) is 16.9 Å². The number of nitrogens with one attached hydrogen (secondary N) is 3. The Morgan fingerprint density at radius 1 is 1.05 bits per heavy atom. The van der Waals surface area contributed by atoms with Gasteiger partial charge in [0, 0.05) is 44.2 Å². The van der Waals surface area contributed by atoms with Gasteiger partial charge in [-0.05, 0) is 53.8 Å². The van der Waals surface area contributed by atoms with Gasteiger partial charge in [0.15, 0.2) is 6.04 Å². The lowest BCUT2D eigenvalue weighted by Gasteiger charge is -2.25. The van der Waals surface area contributed by atoms with Gasteiger partial charge in [0.1, 0.15) is 0 Å². The lowest BCUT2D eigenvalue weighted by atomic mass is 9.85. The van der Waals surface area contributed by atoms with Crippen molar-refractivity contribution in [2.45, 2.75) is 51.2 Å². The fourth-order valence-electron chi connectivity index (χ4n) is 4.88. The van der Waals surface area contributed by atoms with Crippen LogP contribution in [0.5, 0.6) is 0 Å². The van der Waals surface area contributed by atoms with E-state index in [1.54, 1.807) is 31.1 Å². The molecule has 1 saturated carbocycles. The second-order valence-electron chi connectivity index (χ2n) is 10.3. The number of carbonyl (C=O) groups is 3. The Morgan fingerprint density at radius 2 is 1.76 bits per heavy atom. The summed E-state index contributed by atoms with van der Waals surface area (Å²) in [6, 6.07) is 9.03. The molecule has 0 saturated heterocycles. The Bertz CT molecular complexity index is 1420. The second kappa shape index (κ2) is 12.4. The van der Waals surface area contributed by atoms with Gasteiger partial charge < -0.3 is 15.5 Å². The van der Waals surface area contributed by atoms with Crippen LogP contribution in [0.2, 0.25) is 0 Å².